The molecule has 0 saturated heterocycles. The van der Waals surface area contributed by atoms with Crippen molar-refractivity contribution in [3.05, 3.63) is 58.8 Å². The molecule has 0 radical (unpaired) electrons. The summed E-state index contributed by atoms with van der Waals surface area (Å²) in [5, 5.41) is 0. The van der Waals surface area contributed by atoms with Gasteiger partial charge in [-0.3, -0.25) is 0 Å². The van der Waals surface area contributed by atoms with Crippen LogP contribution in [0.25, 0.3) is 0 Å². The molecule has 2 nitrogen and oxygen atoms in total. The highest BCUT2D eigenvalue weighted by atomic mass is 19.2. The number of nitrogens with zero attached hydrogens (tertiary/aromatic N) is 1. The highest BCUT2D eigenvalue weighted by Crippen LogP contribution is 2.33. The van der Waals surface area contributed by atoms with Crippen LogP contribution in [0.1, 0.15) is 35.6 Å². The number of nitrogen functional groups attached to an aromatic ring is 1. The number of aryl methyl sites for hydroxylation is 1. The zero-order valence-corrected chi connectivity index (χ0v) is 11.1. The Balaban J connectivity index is 1.96. The van der Waals surface area contributed by atoms with Gasteiger partial charge in [0.1, 0.15) is 5.82 Å². The van der Waals surface area contributed by atoms with Crippen molar-refractivity contribution < 1.29 is 8.78 Å². The lowest BCUT2D eigenvalue weighted by atomic mass is 9.90. The monoisotopic (exact) mass is 274 g/mol. The molecular weight excluding hydrogens is 258 g/mol. The zero-order chi connectivity index (χ0) is 14.1. The lowest BCUT2D eigenvalue weighted by Crippen LogP contribution is -2.06. The van der Waals surface area contributed by atoms with Crippen LogP contribution < -0.4 is 5.73 Å². The summed E-state index contributed by atoms with van der Waals surface area (Å²) in [6.07, 6.45) is 3.26. The van der Waals surface area contributed by atoms with Crippen molar-refractivity contribution in [2.24, 2.45) is 0 Å². The van der Waals surface area contributed by atoms with Gasteiger partial charge in [0.15, 0.2) is 11.6 Å². The highest BCUT2D eigenvalue weighted by molar-refractivity contribution is 5.36. The first-order valence-electron chi connectivity index (χ1n) is 6.83. The Hall–Kier alpha value is -1.97. The van der Waals surface area contributed by atoms with Crippen molar-refractivity contribution in [2.75, 3.05) is 5.73 Å². The summed E-state index contributed by atoms with van der Waals surface area (Å²) >= 11 is 0. The van der Waals surface area contributed by atoms with Gasteiger partial charge in [0.25, 0.3) is 0 Å². The van der Waals surface area contributed by atoms with Crippen LogP contribution in [0.15, 0.2) is 30.3 Å². The van der Waals surface area contributed by atoms with E-state index in [2.05, 4.69) is 4.98 Å². The number of fused-ring (bicyclic) bond motifs is 1. The molecule has 1 aliphatic carbocycles. The Morgan fingerprint density at radius 3 is 2.85 bits per heavy atom. The zero-order valence-electron chi connectivity index (χ0n) is 11.1. The summed E-state index contributed by atoms with van der Waals surface area (Å²) in [7, 11) is 0. The molecule has 1 aromatic heterocycles. The lowest BCUT2D eigenvalue weighted by molar-refractivity contribution is 0.479. The van der Waals surface area contributed by atoms with Crippen LogP contribution in [-0.4, -0.2) is 4.98 Å². The summed E-state index contributed by atoms with van der Waals surface area (Å²) in [4.78, 5) is 4.35. The summed E-state index contributed by atoms with van der Waals surface area (Å²) in [6, 6.07) is 8.13. The number of hydrogen-bond acceptors (Lipinski definition) is 2. The third kappa shape index (κ3) is 2.38. The van der Waals surface area contributed by atoms with E-state index in [0.29, 0.717) is 17.8 Å². The van der Waals surface area contributed by atoms with Crippen molar-refractivity contribution >= 4 is 5.82 Å². The van der Waals surface area contributed by atoms with Gasteiger partial charge in [-0.2, -0.15) is 0 Å². The number of halogens is 2. The van der Waals surface area contributed by atoms with Crippen LogP contribution >= 0.6 is 0 Å². The largest absolute Gasteiger partial charge is 0.384 e. The van der Waals surface area contributed by atoms with Crippen LogP contribution in [0.4, 0.5) is 14.6 Å². The standard InChI is InChI=1S/C16H16F2N2/c17-13-5-2-4-12(16(13)18)10-3-1-6-14-11(9-10)7-8-15(19)20-14/h2,4-5,7-8,10H,1,3,6,9H2,(H2,19,20)/t10-/m1/s1. The van der Waals surface area contributed by atoms with Gasteiger partial charge in [-0.1, -0.05) is 18.2 Å². The van der Waals surface area contributed by atoms with E-state index in [1.807, 2.05) is 6.07 Å². The van der Waals surface area contributed by atoms with Crippen molar-refractivity contribution in [1.29, 1.82) is 0 Å². The number of anilines is 1. The first kappa shape index (κ1) is 13.0. The molecule has 0 saturated carbocycles. The first-order chi connectivity index (χ1) is 9.65. The summed E-state index contributed by atoms with van der Waals surface area (Å²) in [5.41, 5.74) is 8.25. The van der Waals surface area contributed by atoms with E-state index < -0.39 is 11.6 Å². The fraction of sp³-hybridized carbons (Fsp3) is 0.312. The predicted molar refractivity (Wildman–Crippen MR) is 74.4 cm³/mol. The molecular formula is C16H16F2N2. The molecule has 1 aliphatic rings. The Kier molecular flexibility index (Phi) is 3.38. The summed E-state index contributed by atoms with van der Waals surface area (Å²) in [5.74, 6) is -0.983. The van der Waals surface area contributed by atoms with E-state index in [1.54, 1.807) is 18.2 Å². The maximum Gasteiger partial charge on any atom is 0.162 e. The van der Waals surface area contributed by atoms with Gasteiger partial charge < -0.3 is 5.73 Å². The smallest absolute Gasteiger partial charge is 0.162 e. The fourth-order valence-electron chi connectivity index (χ4n) is 2.93. The van der Waals surface area contributed by atoms with Gasteiger partial charge in [-0.15, -0.1) is 0 Å². The van der Waals surface area contributed by atoms with Crippen LogP contribution in [0, 0.1) is 11.6 Å². The predicted octanol–water partition coefficient (Wildman–Crippen LogP) is 3.60. The molecule has 2 N–H and O–H groups in total. The van der Waals surface area contributed by atoms with E-state index in [4.69, 9.17) is 5.73 Å². The molecule has 3 rings (SSSR count). The van der Waals surface area contributed by atoms with Crippen LogP contribution in [-0.2, 0) is 12.8 Å². The molecule has 0 aliphatic heterocycles. The van der Waals surface area contributed by atoms with Gasteiger partial charge in [-0.25, -0.2) is 13.8 Å². The van der Waals surface area contributed by atoms with Gasteiger partial charge in [0.2, 0.25) is 0 Å². The third-order valence-corrected chi connectivity index (χ3v) is 3.94. The summed E-state index contributed by atoms with van der Waals surface area (Å²) < 4.78 is 27.3. The van der Waals surface area contributed by atoms with E-state index in [9.17, 15) is 8.78 Å². The highest BCUT2D eigenvalue weighted by Gasteiger charge is 2.22. The van der Waals surface area contributed by atoms with Gasteiger partial charge >= 0.3 is 0 Å². The van der Waals surface area contributed by atoms with E-state index in [-0.39, 0.29) is 5.92 Å². The molecule has 104 valence electrons. The van der Waals surface area contributed by atoms with Gasteiger partial charge in [-0.05, 0) is 54.9 Å². The second-order valence-corrected chi connectivity index (χ2v) is 5.28. The van der Waals surface area contributed by atoms with Crippen LogP contribution in [0.2, 0.25) is 0 Å². The molecule has 0 amide bonds. The maximum atomic E-state index is 13.9. The molecule has 2 aromatic rings. The normalized spacial score (nSPS) is 18.4. The molecule has 0 unspecified atom stereocenters. The van der Waals surface area contributed by atoms with Gasteiger partial charge in [0, 0.05) is 5.69 Å². The SMILES string of the molecule is Nc1ccc2c(n1)CCC[C@@H](c1cccc(F)c1F)C2. The van der Waals surface area contributed by atoms with E-state index in [1.165, 1.54) is 0 Å². The number of rotatable bonds is 1. The first-order valence-corrected chi connectivity index (χ1v) is 6.83. The maximum absolute atomic E-state index is 13.9. The average molecular weight is 274 g/mol. The Bertz CT molecular complexity index is 640. The average Bonchev–Trinajstić information content (AvgIpc) is 2.63. The second-order valence-electron chi connectivity index (χ2n) is 5.28. The van der Waals surface area contributed by atoms with Crippen molar-refractivity contribution in [3.8, 4) is 0 Å². The molecule has 0 spiro atoms. The topological polar surface area (TPSA) is 38.9 Å². The minimum atomic E-state index is -0.776. The van der Waals surface area contributed by atoms with Crippen LogP contribution in [0.3, 0.4) is 0 Å². The Morgan fingerprint density at radius 1 is 1.15 bits per heavy atom. The number of nitrogens with two attached hydrogens (primary N) is 1. The number of benzene rings is 1. The summed E-state index contributed by atoms with van der Waals surface area (Å²) in [6.45, 7) is 0. The minimum absolute atomic E-state index is 0.00243. The number of aromatic nitrogens is 1. The van der Waals surface area contributed by atoms with E-state index in [0.717, 1.165) is 36.6 Å². The third-order valence-electron chi connectivity index (χ3n) is 3.94. The quantitative estimate of drug-likeness (QED) is 0.807. The van der Waals surface area contributed by atoms with E-state index >= 15 is 0 Å². The molecule has 0 fully saturated rings. The number of hydrogen-bond donors (Lipinski definition) is 1. The molecule has 1 heterocycles. The van der Waals surface area contributed by atoms with Crippen molar-refractivity contribution in [3.63, 3.8) is 0 Å². The molecule has 1 aromatic carbocycles. The number of pyridine rings is 1. The Morgan fingerprint density at radius 2 is 2.00 bits per heavy atom. The fourth-order valence-corrected chi connectivity index (χ4v) is 2.93. The van der Waals surface area contributed by atoms with Crippen LogP contribution in [0.5, 0.6) is 0 Å². The molecule has 20 heavy (non-hydrogen) atoms. The minimum Gasteiger partial charge on any atom is -0.384 e. The second kappa shape index (κ2) is 5.19. The molecule has 4 heteroatoms. The van der Waals surface area contributed by atoms with Crippen molar-refractivity contribution in [1.82, 2.24) is 4.98 Å². The van der Waals surface area contributed by atoms with Crippen molar-refractivity contribution in [2.45, 2.75) is 31.6 Å². The molecule has 1 atom stereocenters. The van der Waals surface area contributed by atoms with Gasteiger partial charge in [0.05, 0.1) is 0 Å². The lowest BCUT2D eigenvalue weighted by Gasteiger charge is -2.16. The Labute approximate surface area is 116 Å². The molecule has 0 bridgehead atoms.